The molecule has 4 saturated carbocycles. The molecule has 0 aromatic heterocycles. The summed E-state index contributed by atoms with van der Waals surface area (Å²) in [6.07, 6.45) is 9.22. The summed E-state index contributed by atoms with van der Waals surface area (Å²) >= 11 is 0. The van der Waals surface area contributed by atoms with Crippen LogP contribution in [0.4, 0.5) is 0 Å². The van der Waals surface area contributed by atoms with Crippen molar-refractivity contribution >= 4 is 0 Å². The van der Waals surface area contributed by atoms with Crippen LogP contribution in [0.3, 0.4) is 0 Å². The first kappa shape index (κ1) is 22.3. The molecule has 5 nitrogen and oxygen atoms in total. The Morgan fingerprint density at radius 3 is 2.42 bits per heavy atom. The Hall–Kier alpha value is -0.460. The Kier molecular flexibility index (Phi) is 5.83. The number of ether oxygens (including phenoxy) is 2. The molecule has 0 aromatic rings. The van der Waals surface area contributed by atoms with Crippen LogP contribution in [0.1, 0.15) is 71.6 Å². The van der Waals surface area contributed by atoms with Crippen molar-refractivity contribution in [2.24, 2.45) is 40.4 Å². The third-order valence-electron chi connectivity index (χ3n) is 10.8. The SMILES string of the molecule is C=C[C@H]1CC[C@H]2[C@@H]3CC[C@H]4C[C@@H](O[C@@H]5OC[C@H](O)[C@H](O)[C@@H]5O)CC[C@]4(C)[C@H]3CC[C@]12C. The van der Waals surface area contributed by atoms with Gasteiger partial charge in [-0.2, -0.15) is 0 Å². The van der Waals surface area contributed by atoms with E-state index in [0.717, 1.165) is 30.6 Å². The second-order valence-corrected chi connectivity index (χ2v) is 11.9. The maximum absolute atomic E-state index is 10.3. The van der Waals surface area contributed by atoms with Gasteiger partial charge in [-0.25, -0.2) is 0 Å². The molecule has 1 saturated heterocycles. The Morgan fingerprint density at radius 1 is 0.903 bits per heavy atom. The van der Waals surface area contributed by atoms with Gasteiger partial charge in [-0.05, 0) is 98.2 Å². The van der Waals surface area contributed by atoms with Crippen LogP contribution >= 0.6 is 0 Å². The average molecular weight is 435 g/mol. The largest absolute Gasteiger partial charge is 0.388 e. The summed E-state index contributed by atoms with van der Waals surface area (Å²) < 4.78 is 11.7. The highest BCUT2D eigenvalue weighted by atomic mass is 16.7. The van der Waals surface area contributed by atoms with Crippen LogP contribution in [0, 0.1) is 40.4 Å². The quantitative estimate of drug-likeness (QED) is 0.467. The van der Waals surface area contributed by atoms with Gasteiger partial charge >= 0.3 is 0 Å². The molecule has 1 aliphatic heterocycles. The fraction of sp³-hybridized carbons (Fsp3) is 0.923. The number of fused-ring (bicyclic) bond motifs is 5. The summed E-state index contributed by atoms with van der Waals surface area (Å²) in [5, 5.41) is 29.9. The van der Waals surface area contributed by atoms with E-state index in [4.69, 9.17) is 9.47 Å². The van der Waals surface area contributed by atoms with Crippen molar-refractivity contribution in [2.45, 2.75) is 102 Å². The van der Waals surface area contributed by atoms with Crippen molar-refractivity contribution in [2.75, 3.05) is 6.61 Å². The standard InChI is InChI=1S/C26H42O5/c1-4-15-6-8-19-18-7-5-16-13-17(31-24-23(29)22(28)21(27)14-30-24)9-11-26(16,3)20(18)10-12-25(15,19)2/h4,15-24,27-29H,1,5-14H2,2-3H3/t15-,16-,17-,18-,19-,20-,21-,22-,23-,24-,25+,26-/m0/s1. The van der Waals surface area contributed by atoms with Crippen LogP contribution < -0.4 is 0 Å². The average Bonchev–Trinajstić information content (AvgIpc) is 3.10. The fourth-order valence-electron chi connectivity index (χ4n) is 8.86. The van der Waals surface area contributed by atoms with Gasteiger partial charge < -0.3 is 24.8 Å². The van der Waals surface area contributed by atoms with Gasteiger partial charge in [-0.3, -0.25) is 0 Å². The zero-order valence-electron chi connectivity index (χ0n) is 19.3. The summed E-state index contributed by atoms with van der Waals surface area (Å²) in [4.78, 5) is 0. The minimum absolute atomic E-state index is 0.00632. The number of allylic oxidation sites excluding steroid dienone is 1. The van der Waals surface area contributed by atoms with E-state index in [9.17, 15) is 15.3 Å². The molecule has 5 fully saturated rings. The van der Waals surface area contributed by atoms with E-state index < -0.39 is 24.6 Å². The van der Waals surface area contributed by atoms with E-state index in [1.807, 2.05) is 0 Å². The van der Waals surface area contributed by atoms with Crippen LogP contribution in [-0.2, 0) is 9.47 Å². The highest BCUT2D eigenvalue weighted by Gasteiger charge is 2.59. The molecule has 3 N–H and O–H groups in total. The fourth-order valence-corrected chi connectivity index (χ4v) is 8.86. The lowest BCUT2D eigenvalue weighted by Gasteiger charge is -2.61. The molecule has 1 heterocycles. The van der Waals surface area contributed by atoms with Gasteiger partial charge in [-0.1, -0.05) is 19.9 Å². The van der Waals surface area contributed by atoms with Crippen LogP contribution in [0.25, 0.3) is 0 Å². The molecule has 0 bridgehead atoms. The lowest BCUT2D eigenvalue weighted by atomic mass is 9.44. The molecule has 176 valence electrons. The van der Waals surface area contributed by atoms with Gasteiger partial charge in [0.1, 0.15) is 18.3 Å². The highest BCUT2D eigenvalue weighted by Crippen LogP contribution is 2.67. The van der Waals surface area contributed by atoms with Gasteiger partial charge in [0.15, 0.2) is 6.29 Å². The lowest BCUT2D eigenvalue weighted by molar-refractivity contribution is -0.289. The number of rotatable bonds is 3. The van der Waals surface area contributed by atoms with Crippen molar-refractivity contribution in [3.8, 4) is 0 Å². The molecule has 0 unspecified atom stereocenters. The first-order valence-electron chi connectivity index (χ1n) is 12.7. The van der Waals surface area contributed by atoms with E-state index in [1.165, 1.54) is 44.9 Å². The molecule has 5 aliphatic rings. The maximum atomic E-state index is 10.3. The zero-order chi connectivity index (χ0) is 22.0. The molecular weight excluding hydrogens is 392 g/mol. The Labute approximate surface area is 187 Å². The zero-order valence-corrected chi connectivity index (χ0v) is 19.3. The van der Waals surface area contributed by atoms with Crippen LogP contribution in [0.2, 0.25) is 0 Å². The third kappa shape index (κ3) is 3.45. The summed E-state index contributed by atoms with van der Waals surface area (Å²) in [5.74, 6) is 3.90. The number of hydrogen-bond acceptors (Lipinski definition) is 5. The summed E-state index contributed by atoms with van der Waals surface area (Å²) in [6.45, 7) is 9.27. The smallest absolute Gasteiger partial charge is 0.186 e. The molecular formula is C26H42O5. The van der Waals surface area contributed by atoms with Crippen LogP contribution in [0.5, 0.6) is 0 Å². The molecule has 4 aliphatic carbocycles. The van der Waals surface area contributed by atoms with Crippen molar-refractivity contribution in [3.05, 3.63) is 12.7 Å². The van der Waals surface area contributed by atoms with E-state index in [1.54, 1.807) is 0 Å². The summed E-state index contributed by atoms with van der Waals surface area (Å²) in [6, 6.07) is 0. The van der Waals surface area contributed by atoms with Gasteiger partial charge in [-0.15, -0.1) is 6.58 Å². The monoisotopic (exact) mass is 434 g/mol. The minimum atomic E-state index is -1.20. The van der Waals surface area contributed by atoms with Crippen molar-refractivity contribution in [1.82, 2.24) is 0 Å². The molecule has 5 rings (SSSR count). The van der Waals surface area contributed by atoms with Gasteiger partial charge in [0.25, 0.3) is 0 Å². The molecule has 0 radical (unpaired) electrons. The maximum Gasteiger partial charge on any atom is 0.186 e. The molecule has 5 heteroatoms. The molecule has 0 spiro atoms. The van der Waals surface area contributed by atoms with E-state index in [-0.39, 0.29) is 12.7 Å². The first-order chi connectivity index (χ1) is 14.8. The predicted molar refractivity (Wildman–Crippen MR) is 118 cm³/mol. The van der Waals surface area contributed by atoms with Crippen molar-refractivity contribution in [3.63, 3.8) is 0 Å². The van der Waals surface area contributed by atoms with Crippen molar-refractivity contribution < 1.29 is 24.8 Å². The van der Waals surface area contributed by atoms with Crippen LogP contribution in [0.15, 0.2) is 12.7 Å². The Bertz CT molecular complexity index is 683. The van der Waals surface area contributed by atoms with E-state index >= 15 is 0 Å². The molecule has 0 aromatic carbocycles. The first-order valence-corrected chi connectivity index (χ1v) is 12.7. The van der Waals surface area contributed by atoms with Crippen LogP contribution in [-0.4, -0.2) is 52.6 Å². The molecule has 31 heavy (non-hydrogen) atoms. The van der Waals surface area contributed by atoms with Gasteiger partial charge in [0.2, 0.25) is 0 Å². The Morgan fingerprint density at radius 2 is 1.65 bits per heavy atom. The summed E-state index contributed by atoms with van der Waals surface area (Å²) in [7, 11) is 0. The minimum Gasteiger partial charge on any atom is -0.388 e. The topological polar surface area (TPSA) is 79.2 Å². The van der Waals surface area contributed by atoms with Crippen molar-refractivity contribution in [1.29, 1.82) is 0 Å². The number of aliphatic hydroxyl groups is 3. The second-order valence-electron chi connectivity index (χ2n) is 11.9. The summed E-state index contributed by atoms with van der Waals surface area (Å²) in [5.41, 5.74) is 0.852. The third-order valence-corrected chi connectivity index (χ3v) is 10.8. The lowest BCUT2D eigenvalue weighted by Crippen LogP contribution is -2.56. The second kappa shape index (κ2) is 8.09. The number of aliphatic hydroxyl groups excluding tert-OH is 3. The van der Waals surface area contributed by atoms with E-state index in [2.05, 4.69) is 26.5 Å². The number of hydrogen-bond donors (Lipinski definition) is 3. The van der Waals surface area contributed by atoms with E-state index in [0.29, 0.717) is 22.7 Å². The van der Waals surface area contributed by atoms with Gasteiger partial charge in [0.05, 0.1) is 12.7 Å². The highest BCUT2D eigenvalue weighted by molar-refractivity contribution is 5.11. The molecule has 12 atom stereocenters. The van der Waals surface area contributed by atoms with Gasteiger partial charge in [0, 0.05) is 0 Å². The predicted octanol–water partition coefficient (Wildman–Crippen LogP) is 3.66. The Balaban J connectivity index is 1.26. The molecule has 0 amide bonds. The normalized spacial score (nSPS) is 56.9.